The van der Waals surface area contributed by atoms with Gasteiger partial charge in [-0.05, 0) is 18.6 Å². The van der Waals surface area contributed by atoms with Gasteiger partial charge < -0.3 is 11.3 Å². The molecule has 0 atom stereocenters. The second kappa shape index (κ2) is 8.28. The van der Waals surface area contributed by atoms with Crippen LogP contribution in [0, 0.1) is 0 Å². The van der Waals surface area contributed by atoms with Gasteiger partial charge >= 0.3 is 41.5 Å². The summed E-state index contributed by atoms with van der Waals surface area (Å²) < 4.78 is 4.96. The fraction of sp³-hybridized carbons (Fsp3) is 0.333. The van der Waals surface area contributed by atoms with Gasteiger partial charge in [0.15, 0.2) is 0 Å². The van der Waals surface area contributed by atoms with E-state index in [1.165, 1.54) is 12.1 Å². The van der Waals surface area contributed by atoms with Crippen molar-refractivity contribution in [2.75, 3.05) is 6.61 Å². The van der Waals surface area contributed by atoms with Crippen LogP contribution in [-0.2, 0) is 4.74 Å². The van der Waals surface area contributed by atoms with Gasteiger partial charge in [-0.3, -0.25) is 0 Å². The van der Waals surface area contributed by atoms with Crippen LogP contribution in [0.15, 0.2) is 24.3 Å². The van der Waals surface area contributed by atoms with E-state index >= 15 is 0 Å². The van der Waals surface area contributed by atoms with Crippen LogP contribution >= 0.6 is 0 Å². The molecule has 0 aliphatic rings. The summed E-state index contributed by atoms with van der Waals surface area (Å²) in [5.41, 5.74) is 0.0788. The van der Waals surface area contributed by atoms with Crippen LogP contribution in [0.5, 0.6) is 0 Å². The van der Waals surface area contributed by atoms with Crippen LogP contribution in [0.25, 0.3) is 0 Å². The Morgan fingerprint density at radius 3 is 2.41 bits per heavy atom. The smallest absolute Gasteiger partial charge is 1.00 e. The van der Waals surface area contributed by atoms with Crippen LogP contribution in [0.4, 0.5) is 0 Å². The Balaban J connectivity index is 0. The van der Waals surface area contributed by atoms with E-state index in [-0.39, 0.29) is 42.1 Å². The number of esters is 1. The average Bonchev–Trinajstić information content (AvgIpc) is 2.29. The fourth-order valence-electron chi connectivity index (χ4n) is 1.23. The molecule has 0 aliphatic carbocycles. The standard InChI is InChI=1S/C12H14O4.Na.H/c1-2-3-8-16-12(15)10-7-5-4-6-9(10)11(13)14;;/h4-7H,2-3,8H2,1H3,(H,13,14);;/q;+1;-1. The third-order valence-corrected chi connectivity index (χ3v) is 2.11. The van der Waals surface area contributed by atoms with E-state index in [0.29, 0.717) is 6.61 Å². The molecule has 5 heteroatoms. The molecule has 0 heterocycles. The van der Waals surface area contributed by atoms with Crippen LogP contribution in [0.1, 0.15) is 41.9 Å². The van der Waals surface area contributed by atoms with Crippen LogP contribution in [0.3, 0.4) is 0 Å². The van der Waals surface area contributed by atoms with E-state index < -0.39 is 11.9 Å². The third-order valence-electron chi connectivity index (χ3n) is 2.11. The minimum absolute atomic E-state index is 0. The summed E-state index contributed by atoms with van der Waals surface area (Å²) in [4.78, 5) is 22.4. The number of carbonyl (C=O) groups is 2. The van der Waals surface area contributed by atoms with Gasteiger partial charge in [0.1, 0.15) is 0 Å². The molecule has 1 aromatic rings. The van der Waals surface area contributed by atoms with Crippen molar-refractivity contribution < 1.29 is 50.4 Å². The van der Waals surface area contributed by atoms with Crippen molar-refractivity contribution in [1.29, 1.82) is 0 Å². The first kappa shape index (κ1) is 16.2. The first-order valence-electron chi connectivity index (χ1n) is 5.16. The largest absolute Gasteiger partial charge is 1.00 e. The molecule has 0 aliphatic heterocycles. The van der Waals surface area contributed by atoms with Gasteiger partial charge in [-0.1, -0.05) is 25.5 Å². The molecule has 0 saturated carbocycles. The maximum Gasteiger partial charge on any atom is 1.00 e. The quantitative estimate of drug-likeness (QED) is 0.430. The Hall–Kier alpha value is -0.840. The SMILES string of the molecule is CCCCOC(=O)c1ccccc1C(=O)O.[H-].[Na+]. The van der Waals surface area contributed by atoms with E-state index in [9.17, 15) is 9.59 Å². The van der Waals surface area contributed by atoms with E-state index in [4.69, 9.17) is 9.84 Å². The van der Waals surface area contributed by atoms with Crippen molar-refractivity contribution in [2.24, 2.45) is 0 Å². The molecule has 4 nitrogen and oxygen atoms in total. The second-order valence-corrected chi connectivity index (χ2v) is 3.34. The molecule has 0 unspecified atom stereocenters. The monoisotopic (exact) mass is 246 g/mol. The molecule has 0 fully saturated rings. The molecular weight excluding hydrogens is 231 g/mol. The molecular formula is C12H15NaO4. The van der Waals surface area contributed by atoms with Crippen molar-refractivity contribution in [1.82, 2.24) is 0 Å². The van der Waals surface area contributed by atoms with Gasteiger partial charge in [-0.2, -0.15) is 0 Å². The Kier molecular flexibility index (Phi) is 7.87. The topological polar surface area (TPSA) is 63.6 Å². The summed E-state index contributed by atoms with van der Waals surface area (Å²) in [6, 6.07) is 6.03. The summed E-state index contributed by atoms with van der Waals surface area (Å²) >= 11 is 0. The summed E-state index contributed by atoms with van der Waals surface area (Å²) in [5.74, 6) is -1.70. The molecule has 17 heavy (non-hydrogen) atoms. The molecule has 1 aromatic carbocycles. The van der Waals surface area contributed by atoms with Crippen molar-refractivity contribution in [3.05, 3.63) is 35.4 Å². The van der Waals surface area contributed by atoms with Gasteiger partial charge in [-0.25, -0.2) is 9.59 Å². The number of ether oxygens (including phenoxy) is 1. The number of hydrogen-bond acceptors (Lipinski definition) is 3. The Morgan fingerprint density at radius 1 is 1.29 bits per heavy atom. The van der Waals surface area contributed by atoms with E-state index in [0.717, 1.165) is 12.8 Å². The van der Waals surface area contributed by atoms with Crippen molar-refractivity contribution >= 4 is 11.9 Å². The van der Waals surface area contributed by atoms with Crippen LogP contribution in [-0.4, -0.2) is 23.7 Å². The number of carboxylic acids is 1. The van der Waals surface area contributed by atoms with Crippen LogP contribution in [0.2, 0.25) is 0 Å². The maximum atomic E-state index is 11.6. The number of rotatable bonds is 5. The molecule has 88 valence electrons. The van der Waals surface area contributed by atoms with Crippen molar-refractivity contribution in [3.8, 4) is 0 Å². The zero-order chi connectivity index (χ0) is 12.0. The minimum Gasteiger partial charge on any atom is -1.00 e. The van der Waals surface area contributed by atoms with Gasteiger partial charge in [0.2, 0.25) is 0 Å². The minimum atomic E-state index is -1.12. The number of benzene rings is 1. The van der Waals surface area contributed by atoms with Gasteiger partial charge in [-0.15, -0.1) is 0 Å². The van der Waals surface area contributed by atoms with Crippen molar-refractivity contribution in [3.63, 3.8) is 0 Å². The van der Waals surface area contributed by atoms with E-state index in [1.807, 2.05) is 6.92 Å². The zero-order valence-corrected chi connectivity index (χ0v) is 12.1. The molecule has 0 bridgehead atoms. The zero-order valence-electron chi connectivity index (χ0n) is 11.1. The van der Waals surface area contributed by atoms with Crippen LogP contribution < -0.4 is 29.6 Å². The maximum absolute atomic E-state index is 11.6. The summed E-state index contributed by atoms with van der Waals surface area (Å²) in [7, 11) is 0. The Labute approximate surface area is 124 Å². The normalized spacial score (nSPS) is 9.24. The molecule has 0 spiro atoms. The summed E-state index contributed by atoms with van der Waals surface area (Å²) in [6.07, 6.45) is 1.70. The molecule has 0 aromatic heterocycles. The first-order valence-corrected chi connectivity index (χ1v) is 5.16. The van der Waals surface area contributed by atoms with Gasteiger partial charge in [0.05, 0.1) is 17.7 Å². The van der Waals surface area contributed by atoms with Gasteiger partial charge in [0.25, 0.3) is 0 Å². The average molecular weight is 246 g/mol. The second-order valence-electron chi connectivity index (χ2n) is 3.34. The molecule has 0 amide bonds. The van der Waals surface area contributed by atoms with E-state index in [1.54, 1.807) is 12.1 Å². The fourth-order valence-corrected chi connectivity index (χ4v) is 1.23. The molecule has 0 radical (unpaired) electrons. The molecule has 0 saturated heterocycles. The molecule has 1 rings (SSSR count). The number of carbonyl (C=O) groups excluding carboxylic acids is 1. The number of unbranched alkanes of at least 4 members (excludes halogenated alkanes) is 1. The Morgan fingerprint density at radius 2 is 1.88 bits per heavy atom. The number of carboxylic acid groups (broad SMARTS) is 1. The summed E-state index contributed by atoms with van der Waals surface area (Å²) in [5, 5.41) is 8.88. The summed E-state index contributed by atoms with van der Waals surface area (Å²) in [6.45, 7) is 2.31. The van der Waals surface area contributed by atoms with E-state index in [2.05, 4.69) is 0 Å². The van der Waals surface area contributed by atoms with Gasteiger partial charge in [0, 0.05) is 0 Å². The number of hydrogen-bond donors (Lipinski definition) is 1. The van der Waals surface area contributed by atoms with Crippen molar-refractivity contribution in [2.45, 2.75) is 19.8 Å². The Bertz CT molecular complexity index is 395. The first-order chi connectivity index (χ1) is 7.66. The third kappa shape index (κ3) is 4.89. The predicted molar refractivity (Wildman–Crippen MR) is 59.7 cm³/mol. The predicted octanol–water partition coefficient (Wildman–Crippen LogP) is -0.542. The molecule has 1 N–H and O–H groups in total. The number of aromatic carboxylic acids is 1.